The SMILES string of the molecule is O=C([O-])N(CC=CCl)c1cccc(Cl)c1. The molecule has 0 spiro atoms. The molecule has 0 N–H and O–H groups in total. The molecule has 1 rings (SSSR count). The van der Waals surface area contributed by atoms with Crippen LogP contribution in [0, 0.1) is 0 Å². The van der Waals surface area contributed by atoms with Gasteiger partial charge in [0.05, 0.1) is 0 Å². The fourth-order valence-electron chi connectivity index (χ4n) is 1.07. The highest BCUT2D eigenvalue weighted by molar-refractivity contribution is 6.30. The van der Waals surface area contributed by atoms with Crippen molar-refractivity contribution in [1.82, 2.24) is 0 Å². The Kier molecular flexibility index (Phi) is 4.46. The molecule has 80 valence electrons. The summed E-state index contributed by atoms with van der Waals surface area (Å²) < 4.78 is 0. The predicted molar refractivity (Wildman–Crippen MR) is 59.2 cm³/mol. The Morgan fingerprint density at radius 1 is 1.53 bits per heavy atom. The molecule has 0 saturated heterocycles. The fraction of sp³-hybridized carbons (Fsp3) is 0.100. The number of rotatable bonds is 3. The van der Waals surface area contributed by atoms with Crippen LogP contribution >= 0.6 is 23.2 Å². The molecule has 1 amide bonds. The summed E-state index contributed by atoms with van der Waals surface area (Å²) in [6, 6.07) is 6.50. The summed E-state index contributed by atoms with van der Waals surface area (Å²) in [5.41, 5.74) is 1.71. The number of hydrogen-bond donors (Lipinski definition) is 0. The van der Waals surface area contributed by atoms with Gasteiger partial charge in [-0.1, -0.05) is 35.3 Å². The molecule has 0 bridgehead atoms. The predicted octanol–water partition coefficient (Wildman–Crippen LogP) is 2.24. The third kappa shape index (κ3) is 3.46. The molecule has 0 radical (unpaired) electrons. The molecule has 5 heteroatoms. The van der Waals surface area contributed by atoms with E-state index in [-0.39, 0.29) is 6.54 Å². The van der Waals surface area contributed by atoms with Crippen molar-refractivity contribution in [3.63, 3.8) is 0 Å². The molecule has 15 heavy (non-hydrogen) atoms. The van der Waals surface area contributed by atoms with Crippen molar-refractivity contribution < 1.29 is 9.90 Å². The minimum absolute atomic E-state index is 0.131. The number of hydrogen-bond acceptors (Lipinski definition) is 2. The van der Waals surface area contributed by atoms with Crippen molar-refractivity contribution in [2.24, 2.45) is 0 Å². The van der Waals surface area contributed by atoms with Gasteiger partial charge in [0.25, 0.3) is 0 Å². The Morgan fingerprint density at radius 3 is 2.80 bits per heavy atom. The van der Waals surface area contributed by atoms with E-state index in [4.69, 9.17) is 23.2 Å². The van der Waals surface area contributed by atoms with E-state index < -0.39 is 6.09 Å². The topological polar surface area (TPSA) is 43.4 Å². The smallest absolute Gasteiger partial charge is 0.141 e. The van der Waals surface area contributed by atoms with Crippen molar-refractivity contribution in [1.29, 1.82) is 0 Å². The Labute approximate surface area is 97.5 Å². The van der Waals surface area contributed by atoms with Crippen LogP contribution < -0.4 is 10.0 Å². The van der Waals surface area contributed by atoms with Gasteiger partial charge < -0.3 is 14.8 Å². The van der Waals surface area contributed by atoms with Crippen LogP contribution in [-0.2, 0) is 0 Å². The monoisotopic (exact) mass is 244 g/mol. The molecule has 3 nitrogen and oxygen atoms in total. The fourth-order valence-corrected chi connectivity index (χ4v) is 1.34. The van der Waals surface area contributed by atoms with Crippen molar-refractivity contribution in [3.8, 4) is 0 Å². The summed E-state index contributed by atoms with van der Waals surface area (Å²) in [4.78, 5) is 11.8. The number of carbonyl (C=O) groups is 1. The van der Waals surface area contributed by atoms with E-state index in [0.29, 0.717) is 10.7 Å². The highest BCUT2D eigenvalue weighted by atomic mass is 35.5. The summed E-state index contributed by atoms with van der Waals surface area (Å²) in [5, 5.41) is 11.3. The van der Waals surface area contributed by atoms with Crippen LogP contribution in [0.15, 0.2) is 35.9 Å². The van der Waals surface area contributed by atoms with Crippen molar-refractivity contribution in [2.45, 2.75) is 0 Å². The van der Waals surface area contributed by atoms with Crippen LogP contribution in [-0.4, -0.2) is 12.6 Å². The lowest BCUT2D eigenvalue weighted by atomic mass is 10.3. The van der Waals surface area contributed by atoms with Crippen LogP contribution in [0.4, 0.5) is 10.5 Å². The molecule has 0 aliphatic heterocycles. The molecule has 0 aliphatic carbocycles. The minimum Gasteiger partial charge on any atom is -0.530 e. The van der Waals surface area contributed by atoms with E-state index >= 15 is 0 Å². The van der Waals surface area contributed by atoms with Crippen molar-refractivity contribution in [3.05, 3.63) is 40.9 Å². The second-order valence-electron chi connectivity index (χ2n) is 2.72. The number of carboxylic acid groups (broad SMARTS) is 1. The van der Waals surface area contributed by atoms with Gasteiger partial charge in [0, 0.05) is 22.8 Å². The quantitative estimate of drug-likeness (QED) is 0.819. The highest BCUT2D eigenvalue weighted by Gasteiger charge is 2.05. The Morgan fingerprint density at radius 2 is 2.27 bits per heavy atom. The van der Waals surface area contributed by atoms with Crippen LogP contribution in [0.1, 0.15) is 0 Å². The van der Waals surface area contributed by atoms with Crippen LogP contribution in [0.2, 0.25) is 5.02 Å². The van der Waals surface area contributed by atoms with Gasteiger partial charge in [-0.2, -0.15) is 0 Å². The van der Waals surface area contributed by atoms with E-state index in [0.717, 1.165) is 4.90 Å². The highest BCUT2D eigenvalue weighted by Crippen LogP contribution is 2.19. The summed E-state index contributed by atoms with van der Waals surface area (Å²) in [6.45, 7) is 0.131. The van der Waals surface area contributed by atoms with E-state index in [9.17, 15) is 9.90 Å². The molecule has 0 saturated carbocycles. The van der Waals surface area contributed by atoms with E-state index in [1.54, 1.807) is 24.3 Å². The maximum Gasteiger partial charge on any atom is 0.141 e. The average molecular weight is 245 g/mol. The Balaban J connectivity index is 2.93. The van der Waals surface area contributed by atoms with Gasteiger partial charge in [-0.25, -0.2) is 0 Å². The zero-order valence-corrected chi connectivity index (χ0v) is 9.20. The molecule has 1 aromatic rings. The number of anilines is 1. The minimum atomic E-state index is -1.30. The van der Waals surface area contributed by atoms with Gasteiger partial charge in [0.1, 0.15) is 6.09 Å². The first-order valence-corrected chi connectivity index (χ1v) is 4.96. The molecule has 0 aromatic heterocycles. The largest absolute Gasteiger partial charge is 0.530 e. The number of benzene rings is 1. The average Bonchev–Trinajstić information content (AvgIpc) is 2.18. The maximum atomic E-state index is 10.8. The molecule has 1 aromatic carbocycles. The zero-order valence-electron chi connectivity index (χ0n) is 7.69. The van der Waals surface area contributed by atoms with E-state index in [1.165, 1.54) is 11.6 Å². The lowest BCUT2D eigenvalue weighted by Gasteiger charge is -2.23. The third-order valence-corrected chi connectivity index (χ3v) is 2.13. The second kappa shape index (κ2) is 5.63. The zero-order chi connectivity index (χ0) is 11.3. The maximum absolute atomic E-state index is 10.8. The summed E-state index contributed by atoms with van der Waals surface area (Å²) in [7, 11) is 0. The number of halogens is 2. The summed E-state index contributed by atoms with van der Waals surface area (Å²) >= 11 is 11.1. The van der Waals surface area contributed by atoms with Crippen LogP contribution in [0.3, 0.4) is 0 Å². The molecule has 0 unspecified atom stereocenters. The van der Waals surface area contributed by atoms with Gasteiger partial charge >= 0.3 is 0 Å². The lowest BCUT2D eigenvalue weighted by Crippen LogP contribution is -2.41. The molecular weight excluding hydrogens is 237 g/mol. The number of amides is 1. The summed E-state index contributed by atoms with van der Waals surface area (Å²) in [6.07, 6.45) is 0.199. The van der Waals surface area contributed by atoms with Crippen LogP contribution in [0.5, 0.6) is 0 Å². The van der Waals surface area contributed by atoms with Crippen molar-refractivity contribution >= 4 is 35.0 Å². The number of carbonyl (C=O) groups excluding carboxylic acids is 1. The second-order valence-corrected chi connectivity index (χ2v) is 3.41. The molecule has 0 atom stereocenters. The third-order valence-electron chi connectivity index (χ3n) is 1.72. The standard InChI is InChI=1S/C10H9Cl2NO2/c11-5-2-6-13(10(14)15)9-4-1-3-8(12)7-9/h1-5,7H,6H2,(H,14,15)/p-1. The van der Waals surface area contributed by atoms with Gasteiger partial charge in [-0.05, 0) is 18.2 Å². The van der Waals surface area contributed by atoms with Gasteiger partial charge in [-0.15, -0.1) is 0 Å². The van der Waals surface area contributed by atoms with E-state index in [2.05, 4.69) is 0 Å². The summed E-state index contributed by atoms with van der Waals surface area (Å²) in [5.74, 6) is 0. The van der Waals surface area contributed by atoms with Crippen LogP contribution in [0.25, 0.3) is 0 Å². The normalized spacial score (nSPS) is 10.5. The Bertz CT molecular complexity index is 379. The van der Waals surface area contributed by atoms with Gasteiger partial charge in [0.2, 0.25) is 0 Å². The Hall–Kier alpha value is -1.19. The van der Waals surface area contributed by atoms with Gasteiger partial charge in [0.15, 0.2) is 0 Å². The van der Waals surface area contributed by atoms with E-state index in [1.807, 2.05) is 0 Å². The van der Waals surface area contributed by atoms with Gasteiger partial charge in [-0.3, -0.25) is 0 Å². The first kappa shape index (κ1) is 11.9. The van der Waals surface area contributed by atoms with Crippen molar-refractivity contribution in [2.75, 3.05) is 11.4 Å². The molecule has 0 heterocycles. The number of nitrogens with zero attached hydrogens (tertiary/aromatic N) is 1. The molecule has 0 fully saturated rings. The first-order chi connectivity index (χ1) is 7.15. The molecular formula is C10H8Cl2NO2-. The first-order valence-electron chi connectivity index (χ1n) is 4.14. The molecule has 0 aliphatic rings. The lowest BCUT2D eigenvalue weighted by molar-refractivity contribution is -0.246.